The predicted octanol–water partition coefficient (Wildman–Crippen LogP) is 4.21. The van der Waals surface area contributed by atoms with Gasteiger partial charge in [0.15, 0.2) is 18.1 Å². The molecule has 5 nitrogen and oxygen atoms in total. The molecule has 0 fully saturated rings. The van der Waals surface area contributed by atoms with Crippen molar-refractivity contribution in [3.63, 3.8) is 0 Å². The summed E-state index contributed by atoms with van der Waals surface area (Å²) in [6.45, 7) is 3.68. The highest BCUT2D eigenvalue weighted by Crippen LogP contribution is 2.36. The monoisotopic (exact) mass is 383 g/mol. The molecule has 0 aliphatic rings. The second-order valence-electron chi connectivity index (χ2n) is 5.30. The van der Waals surface area contributed by atoms with E-state index in [4.69, 9.17) is 32.7 Å². The van der Waals surface area contributed by atoms with Crippen molar-refractivity contribution < 1.29 is 19.4 Å². The van der Waals surface area contributed by atoms with E-state index < -0.39 is 0 Å². The maximum atomic E-state index is 12.1. The molecule has 2 rings (SSSR count). The summed E-state index contributed by atoms with van der Waals surface area (Å²) in [7, 11) is 0. The molecule has 2 N–H and O–H groups in total. The number of hydrogen-bond donors (Lipinski definition) is 2. The average molecular weight is 384 g/mol. The van der Waals surface area contributed by atoms with E-state index in [2.05, 4.69) is 5.32 Å². The number of rotatable bonds is 7. The number of aliphatic hydroxyl groups excluding tert-OH is 1. The van der Waals surface area contributed by atoms with Crippen molar-refractivity contribution in [2.75, 3.05) is 18.5 Å². The first-order valence-electron chi connectivity index (χ1n) is 7.69. The van der Waals surface area contributed by atoms with Gasteiger partial charge >= 0.3 is 0 Å². The van der Waals surface area contributed by atoms with Gasteiger partial charge in [-0.2, -0.15) is 0 Å². The first kappa shape index (κ1) is 19.4. The number of aryl methyl sites for hydroxylation is 1. The topological polar surface area (TPSA) is 67.8 Å². The predicted molar refractivity (Wildman–Crippen MR) is 98.9 cm³/mol. The number of ether oxygens (including phenoxy) is 2. The number of aliphatic hydroxyl groups is 1. The Kier molecular flexibility index (Phi) is 6.93. The minimum absolute atomic E-state index is 0.172. The van der Waals surface area contributed by atoms with Crippen LogP contribution in [0.2, 0.25) is 10.0 Å². The molecule has 2 aromatic carbocycles. The largest absolute Gasteiger partial charge is 0.490 e. The number of anilines is 1. The van der Waals surface area contributed by atoms with Crippen LogP contribution in [0.5, 0.6) is 11.5 Å². The maximum absolute atomic E-state index is 12.1. The van der Waals surface area contributed by atoms with Crippen molar-refractivity contribution in [3.05, 3.63) is 51.5 Å². The van der Waals surface area contributed by atoms with Gasteiger partial charge in [-0.25, -0.2) is 0 Å². The van der Waals surface area contributed by atoms with Crippen LogP contribution in [0.1, 0.15) is 18.1 Å². The molecule has 0 aliphatic heterocycles. The van der Waals surface area contributed by atoms with Crippen LogP contribution in [-0.4, -0.2) is 24.2 Å². The van der Waals surface area contributed by atoms with Crippen LogP contribution in [0, 0.1) is 6.92 Å². The van der Waals surface area contributed by atoms with E-state index in [1.807, 2.05) is 19.9 Å². The quantitative estimate of drug-likeness (QED) is 0.751. The fraction of sp³-hybridized carbons (Fsp3) is 0.278. The fourth-order valence-electron chi connectivity index (χ4n) is 2.12. The van der Waals surface area contributed by atoms with Gasteiger partial charge in [0, 0.05) is 10.7 Å². The number of carbonyl (C=O) groups is 1. The smallest absolute Gasteiger partial charge is 0.262 e. The third kappa shape index (κ3) is 5.26. The van der Waals surface area contributed by atoms with Gasteiger partial charge in [0.1, 0.15) is 0 Å². The van der Waals surface area contributed by atoms with Crippen molar-refractivity contribution in [2.24, 2.45) is 0 Å². The highest BCUT2D eigenvalue weighted by Gasteiger charge is 2.14. The number of hydrogen-bond acceptors (Lipinski definition) is 4. The van der Waals surface area contributed by atoms with Gasteiger partial charge < -0.3 is 19.9 Å². The van der Waals surface area contributed by atoms with Crippen molar-refractivity contribution in [3.8, 4) is 11.5 Å². The Morgan fingerprint density at radius 1 is 1.16 bits per heavy atom. The lowest BCUT2D eigenvalue weighted by atomic mass is 10.2. The average Bonchev–Trinajstić information content (AvgIpc) is 2.57. The molecule has 0 atom stereocenters. The number of nitrogens with one attached hydrogen (secondary N) is 1. The van der Waals surface area contributed by atoms with Crippen molar-refractivity contribution in [1.29, 1.82) is 0 Å². The zero-order chi connectivity index (χ0) is 18.4. The third-order valence-corrected chi connectivity index (χ3v) is 4.04. The highest BCUT2D eigenvalue weighted by atomic mass is 35.5. The Labute approximate surface area is 156 Å². The molecule has 0 saturated carbocycles. The molecule has 1 amide bonds. The van der Waals surface area contributed by atoms with Crippen LogP contribution in [0.25, 0.3) is 0 Å². The van der Waals surface area contributed by atoms with Crippen LogP contribution in [0.4, 0.5) is 5.69 Å². The molecule has 2 aromatic rings. The molecule has 0 aliphatic carbocycles. The normalized spacial score (nSPS) is 10.4. The summed E-state index contributed by atoms with van der Waals surface area (Å²) in [5.74, 6) is 0.285. The van der Waals surface area contributed by atoms with Crippen LogP contribution in [0.3, 0.4) is 0 Å². The Morgan fingerprint density at radius 2 is 1.92 bits per heavy atom. The van der Waals surface area contributed by atoms with Gasteiger partial charge in [-0.1, -0.05) is 29.3 Å². The van der Waals surface area contributed by atoms with Crippen molar-refractivity contribution in [1.82, 2.24) is 0 Å². The zero-order valence-corrected chi connectivity index (χ0v) is 15.4. The Balaban J connectivity index is 2.06. The van der Waals surface area contributed by atoms with E-state index in [0.29, 0.717) is 28.6 Å². The Hall–Kier alpha value is -1.95. The van der Waals surface area contributed by atoms with E-state index in [9.17, 15) is 9.90 Å². The molecule has 0 bridgehead atoms. The van der Waals surface area contributed by atoms with Crippen LogP contribution >= 0.6 is 23.2 Å². The Morgan fingerprint density at radius 3 is 2.56 bits per heavy atom. The number of amides is 1. The summed E-state index contributed by atoms with van der Waals surface area (Å²) >= 11 is 12.2. The summed E-state index contributed by atoms with van der Waals surface area (Å²) in [6, 6.07) is 8.44. The van der Waals surface area contributed by atoms with Crippen molar-refractivity contribution >= 4 is 34.8 Å². The maximum Gasteiger partial charge on any atom is 0.262 e. The van der Waals surface area contributed by atoms with E-state index in [0.717, 1.165) is 5.56 Å². The van der Waals surface area contributed by atoms with E-state index in [1.54, 1.807) is 24.3 Å². The van der Waals surface area contributed by atoms with Gasteiger partial charge in [0.25, 0.3) is 5.91 Å². The first-order valence-corrected chi connectivity index (χ1v) is 8.45. The number of halogens is 2. The number of benzene rings is 2. The van der Waals surface area contributed by atoms with Gasteiger partial charge in [0.2, 0.25) is 0 Å². The summed E-state index contributed by atoms with van der Waals surface area (Å²) in [5, 5.41) is 12.8. The van der Waals surface area contributed by atoms with Crippen LogP contribution in [-0.2, 0) is 11.4 Å². The molecule has 0 aromatic heterocycles. The van der Waals surface area contributed by atoms with Gasteiger partial charge in [-0.3, -0.25) is 4.79 Å². The molecular weight excluding hydrogens is 365 g/mol. The summed E-state index contributed by atoms with van der Waals surface area (Å²) in [4.78, 5) is 12.1. The van der Waals surface area contributed by atoms with Gasteiger partial charge in [0.05, 0.1) is 18.2 Å². The molecule has 0 radical (unpaired) electrons. The molecule has 134 valence electrons. The van der Waals surface area contributed by atoms with Crippen molar-refractivity contribution in [2.45, 2.75) is 20.5 Å². The molecular formula is C18H19Cl2NO4. The Bertz CT molecular complexity index is 765. The number of carbonyl (C=O) groups excluding carboxylic acids is 1. The lowest BCUT2D eigenvalue weighted by Gasteiger charge is -2.15. The van der Waals surface area contributed by atoms with Crippen LogP contribution < -0.4 is 14.8 Å². The summed E-state index contributed by atoms with van der Waals surface area (Å²) in [6.07, 6.45) is 0. The first-order chi connectivity index (χ1) is 11.9. The lowest BCUT2D eigenvalue weighted by Crippen LogP contribution is -2.20. The summed E-state index contributed by atoms with van der Waals surface area (Å²) < 4.78 is 11.0. The standard InChI is InChI=1S/C18H19Cl2NO4/c1-3-24-16-7-12(9-22)6-15(20)18(16)25-10-17(23)21-13-5-4-11(2)14(19)8-13/h4-8,22H,3,9-10H2,1-2H3,(H,21,23). The molecule has 0 unspecified atom stereocenters. The third-order valence-electron chi connectivity index (χ3n) is 3.35. The zero-order valence-electron chi connectivity index (χ0n) is 13.9. The molecule has 25 heavy (non-hydrogen) atoms. The lowest BCUT2D eigenvalue weighted by molar-refractivity contribution is -0.118. The minimum Gasteiger partial charge on any atom is -0.490 e. The van der Waals surface area contributed by atoms with Crippen LogP contribution in [0.15, 0.2) is 30.3 Å². The van der Waals surface area contributed by atoms with E-state index in [-0.39, 0.29) is 29.9 Å². The second kappa shape index (κ2) is 8.94. The second-order valence-corrected chi connectivity index (χ2v) is 6.11. The van der Waals surface area contributed by atoms with Gasteiger partial charge in [-0.05, 0) is 49.2 Å². The van der Waals surface area contributed by atoms with E-state index >= 15 is 0 Å². The minimum atomic E-state index is -0.357. The SMILES string of the molecule is CCOc1cc(CO)cc(Cl)c1OCC(=O)Nc1ccc(C)c(Cl)c1. The van der Waals surface area contributed by atoms with Gasteiger partial charge in [-0.15, -0.1) is 0 Å². The fourth-order valence-corrected chi connectivity index (χ4v) is 2.59. The molecule has 7 heteroatoms. The molecule has 0 spiro atoms. The highest BCUT2D eigenvalue weighted by molar-refractivity contribution is 6.32. The molecule has 0 saturated heterocycles. The summed E-state index contributed by atoms with van der Waals surface area (Å²) in [5.41, 5.74) is 2.10. The molecule has 0 heterocycles. The van der Waals surface area contributed by atoms with E-state index in [1.165, 1.54) is 0 Å².